The van der Waals surface area contributed by atoms with Crippen molar-refractivity contribution in [1.82, 2.24) is 9.97 Å². The Bertz CT molecular complexity index is 1490. The maximum atomic E-state index is 4.89. The van der Waals surface area contributed by atoms with Gasteiger partial charge in [-0.1, -0.05) is 24.3 Å². The Morgan fingerprint density at radius 3 is 1.38 bits per heavy atom. The Morgan fingerprint density at radius 2 is 0.969 bits per heavy atom. The van der Waals surface area contributed by atoms with Crippen LogP contribution in [0.25, 0.3) is 54.1 Å². The molecule has 154 valence electrons. The van der Waals surface area contributed by atoms with E-state index in [-0.39, 0.29) is 0 Å². The van der Waals surface area contributed by atoms with Crippen molar-refractivity contribution in [2.75, 3.05) is 0 Å². The van der Waals surface area contributed by atoms with Gasteiger partial charge in [0.15, 0.2) is 0 Å². The van der Waals surface area contributed by atoms with E-state index in [9.17, 15) is 0 Å². The first-order chi connectivity index (χ1) is 15.6. The lowest BCUT2D eigenvalue weighted by atomic mass is 10.0. The predicted molar refractivity (Wildman–Crippen MR) is 139 cm³/mol. The standard InChI is InChI=1S/C28H20N2S2/c1-17-3-13-27(31-17)25-11-7-21-15-19(5-9-23(21)29-25)20-6-10-24-22(16-20)8-12-26(30-24)28-14-4-18(2)32-28/h3-16H,1-2H3. The Balaban J connectivity index is 1.36. The number of thiophene rings is 2. The minimum atomic E-state index is 1.02. The zero-order valence-corrected chi connectivity index (χ0v) is 19.4. The summed E-state index contributed by atoms with van der Waals surface area (Å²) in [4.78, 5) is 14.8. The van der Waals surface area contributed by atoms with Crippen LogP contribution in [0.4, 0.5) is 0 Å². The molecule has 32 heavy (non-hydrogen) atoms. The number of nitrogens with zero attached hydrogens (tertiary/aromatic N) is 2. The second-order valence-corrected chi connectivity index (χ2v) is 10.6. The molecule has 0 unspecified atom stereocenters. The molecule has 0 aliphatic heterocycles. The zero-order chi connectivity index (χ0) is 21.7. The fourth-order valence-electron chi connectivity index (χ4n) is 4.03. The highest BCUT2D eigenvalue weighted by Gasteiger charge is 2.08. The molecule has 0 saturated carbocycles. The van der Waals surface area contributed by atoms with E-state index in [0.717, 1.165) is 33.2 Å². The molecule has 2 nitrogen and oxygen atoms in total. The molecular weight excluding hydrogens is 428 g/mol. The van der Waals surface area contributed by atoms with Gasteiger partial charge in [-0.3, -0.25) is 0 Å². The number of aromatic nitrogens is 2. The molecule has 4 heteroatoms. The molecule has 4 aromatic heterocycles. The van der Waals surface area contributed by atoms with Crippen molar-refractivity contribution in [1.29, 1.82) is 0 Å². The highest BCUT2D eigenvalue weighted by Crippen LogP contribution is 2.32. The van der Waals surface area contributed by atoms with Crippen molar-refractivity contribution in [2.45, 2.75) is 13.8 Å². The molecule has 6 aromatic rings. The smallest absolute Gasteiger partial charge is 0.0809 e. The van der Waals surface area contributed by atoms with Gasteiger partial charge in [0.1, 0.15) is 0 Å². The van der Waals surface area contributed by atoms with E-state index in [1.807, 2.05) is 0 Å². The number of hydrogen-bond donors (Lipinski definition) is 0. The summed E-state index contributed by atoms with van der Waals surface area (Å²) in [5, 5.41) is 2.31. The largest absolute Gasteiger partial charge is 0.247 e. The molecule has 0 radical (unpaired) electrons. The Morgan fingerprint density at radius 1 is 0.500 bits per heavy atom. The molecule has 0 saturated heterocycles. The lowest BCUT2D eigenvalue weighted by Crippen LogP contribution is -1.86. The summed E-state index contributed by atoms with van der Waals surface area (Å²) in [6, 6.07) is 30.2. The first kappa shape index (κ1) is 19.4. The summed E-state index contributed by atoms with van der Waals surface area (Å²) >= 11 is 3.57. The highest BCUT2D eigenvalue weighted by molar-refractivity contribution is 7.15. The van der Waals surface area contributed by atoms with E-state index >= 15 is 0 Å². The van der Waals surface area contributed by atoms with Crippen LogP contribution < -0.4 is 0 Å². The highest BCUT2D eigenvalue weighted by atomic mass is 32.1. The van der Waals surface area contributed by atoms with E-state index in [2.05, 4.69) is 98.8 Å². The first-order valence-electron chi connectivity index (χ1n) is 10.6. The van der Waals surface area contributed by atoms with E-state index < -0.39 is 0 Å². The lowest BCUT2D eigenvalue weighted by molar-refractivity contribution is 1.41. The lowest BCUT2D eigenvalue weighted by Gasteiger charge is -2.07. The van der Waals surface area contributed by atoms with Crippen LogP contribution in [0.5, 0.6) is 0 Å². The average molecular weight is 449 g/mol. The molecule has 0 atom stereocenters. The minimum absolute atomic E-state index is 1.02. The van der Waals surface area contributed by atoms with Crippen LogP contribution in [0.2, 0.25) is 0 Å². The average Bonchev–Trinajstić information content (AvgIpc) is 3.46. The van der Waals surface area contributed by atoms with E-state index in [1.165, 1.54) is 30.6 Å². The van der Waals surface area contributed by atoms with Gasteiger partial charge >= 0.3 is 0 Å². The van der Waals surface area contributed by atoms with Gasteiger partial charge in [-0.15, -0.1) is 22.7 Å². The molecule has 0 amide bonds. The third-order valence-electron chi connectivity index (χ3n) is 5.70. The molecule has 2 aromatic carbocycles. The molecule has 0 bridgehead atoms. The molecular formula is C28H20N2S2. The fraction of sp³-hybridized carbons (Fsp3) is 0.0714. The van der Waals surface area contributed by atoms with Crippen molar-refractivity contribution in [3.05, 3.63) is 94.7 Å². The van der Waals surface area contributed by atoms with Gasteiger partial charge in [-0.05, 0) is 85.6 Å². The molecule has 0 spiro atoms. The Kier molecular flexibility index (Phi) is 4.63. The predicted octanol–water partition coefficient (Wildman–Crippen LogP) is 8.52. The number of rotatable bonds is 3. The van der Waals surface area contributed by atoms with Gasteiger partial charge in [0, 0.05) is 20.5 Å². The molecule has 0 fully saturated rings. The van der Waals surface area contributed by atoms with Crippen molar-refractivity contribution in [2.24, 2.45) is 0 Å². The van der Waals surface area contributed by atoms with Crippen LogP contribution in [-0.2, 0) is 0 Å². The first-order valence-corrected chi connectivity index (χ1v) is 12.2. The second-order valence-electron chi connectivity index (χ2n) is 8.03. The maximum absolute atomic E-state index is 4.89. The van der Waals surface area contributed by atoms with Crippen LogP contribution in [0, 0.1) is 13.8 Å². The van der Waals surface area contributed by atoms with Crippen LogP contribution in [0.1, 0.15) is 9.75 Å². The topological polar surface area (TPSA) is 25.8 Å². The van der Waals surface area contributed by atoms with Crippen molar-refractivity contribution >= 4 is 44.5 Å². The monoisotopic (exact) mass is 448 g/mol. The molecule has 0 aliphatic carbocycles. The third kappa shape index (κ3) is 3.52. The summed E-state index contributed by atoms with van der Waals surface area (Å²) in [5.41, 5.74) is 6.51. The molecule has 0 aliphatic rings. The molecule has 0 N–H and O–H groups in total. The number of aryl methyl sites for hydroxylation is 2. The Hall–Kier alpha value is -3.34. The van der Waals surface area contributed by atoms with Crippen LogP contribution in [0.15, 0.2) is 84.9 Å². The maximum Gasteiger partial charge on any atom is 0.0809 e. The zero-order valence-electron chi connectivity index (χ0n) is 17.8. The van der Waals surface area contributed by atoms with Gasteiger partial charge in [0.25, 0.3) is 0 Å². The SMILES string of the molecule is Cc1ccc(-c2ccc3cc(-c4ccc5nc(-c6ccc(C)s6)ccc5c4)ccc3n2)s1. The van der Waals surface area contributed by atoms with Gasteiger partial charge in [-0.2, -0.15) is 0 Å². The van der Waals surface area contributed by atoms with E-state index in [0.29, 0.717) is 0 Å². The minimum Gasteiger partial charge on any atom is -0.247 e. The summed E-state index contributed by atoms with van der Waals surface area (Å²) < 4.78 is 0. The molecule has 6 rings (SSSR count). The van der Waals surface area contributed by atoms with Crippen LogP contribution in [-0.4, -0.2) is 9.97 Å². The van der Waals surface area contributed by atoms with Gasteiger partial charge in [0.2, 0.25) is 0 Å². The van der Waals surface area contributed by atoms with Gasteiger partial charge in [-0.25, -0.2) is 9.97 Å². The number of pyridine rings is 2. The number of fused-ring (bicyclic) bond motifs is 2. The number of benzene rings is 2. The van der Waals surface area contributed by atoms with Crippen molar-refractivity contribution in [3.8, 4) is 32.3 Å². The van der Waals surface area contributed by atoms with Crippen LogP contribution in [0.3, 0.4) is 0 Å². The van der Waals surface area contributed by atoms with Crippen LogP contribution >= 0.6 is 22.7 Å². The fourth-order valence-corrected chi connectivity index (χ4v) is 5.70. The third-order valence-corrected chi connectivity index (χ3v) is 7.74. The van der Waals surface area contributed by atoms with E-state index in [4.69, 9.17) is 9.97 Å². The Labute approximate surface area is 194 Å². The summed E-state index contributed by atoms with van der Waals surface area (Å²) in [6.45, 7) is 4.26. The van der Waals surface area contributed by atoms with Gasteiger partial charge in [0.05, 0.1) is 32.2 Å². The number of hydrogen-bond acceptors (Lipinski definition) is 4. The normalized spacial score (nSPS) is 11.4. The van der Waals surface area contributed by atoms with E-state index in [1.54, 1.807) is 22.7 Å². The quantitative estimate of drug-likeness (QED) is 0.271. The van der Waals surface area contributed by atoms with Crippen molar-refractivity contribution < 1.29 is 0 Å². The van der Waals surface area contributed by atoms with Gasteiger partial charge < -0.3 is 0 Å². The summed E-state index contributed by atoms with van der Waals surface area (Å²) in [7, 11) is 0. The summed E-state index contributed by atoms with van der Waals surface area (Å²) in [6.07, 6.45) is 0. The summed E-state index contributed by atoms with van der Waals surface area (Å²) in [5.74, 6) is 0. The molecule has 4 heterocycles. The second kappa shape index (κ2) is 7.66. The van der Waals surface area contributed by atoms with Crippen molar-refractivity contribution in [3.63, 3.8) is 0 Å².